The van der Waals surface area contributed by atoms with Crippen LogP contribution in [0.25, 0.3) is 0 Å². The van der Waals surface area contributed by atoms with Crippen LogP contribution in [0.3, 0.4) is 0 Å². The molecular weight excluding hydrogens is 178 g/mol. The van der Waals surface area contributed by atoms with Gasteiger partial charge in [0.05, 0.1) is 5.92 Å². The molecule has 0 aliphatic carbocycles. The molecule has 2 rings (SSSR count). The van der Waals surface area contributed by atoms with E-state index in [9.17, 15) is 0 Å². The molecule has 1 aliphatic rings. The molecule has 1 saturated heterocycles. The van der Waals surface area contributed by atoms with Crippen LogP contribution >= 0.6 is 0 Å². The quantitative estimate of drug-likeness (QED) is 0.731. The lowest BCUT2D eigenvalue weighted by atomic mass is 10.00. The second kappa shape index (κ2) is 4.09. The fraction of sp³-hybridized carbons (Fsp3) is 0.800. The molecule has 1 aromatic heterocycles. The first-order chi connectivity index (χ1) is 6.79. The number of likely N-dealkylation sites (tertiary alicyclic amines) is 1. The Bertz CT molecular complexity index is 291. The molecule has 1 fully saturated rings. The van der Waals surface area contributed by atoms with E-state index >= 15 is 0 Å². The van der Waals surface area contributed by atoms with Crippen molar-refractivity contribution in [3.05, 3.63) is 11.7 Å². The van der Waals surface area contributed by atoms with Gasteiger partial charge in [-0.05, 0) is 19.9 Å². The van der Waals surface area contributed by atoms with Crippen molar-refractivity contribution in [1.29, 1.82) is 0 Å². The summed E-state index contributed by atoms with van der Waals surface area (Å²) in [6.45, 7) is 7.46. The van der Waals surface area contributed by atoms with Crippen LogP contribution in [0.4, 0.5) is 0 Å². The number of nitrogens with zero attached hydrogens (tertiary/aromatic N) is 3. The molecule has 0 N–H and O–H groups in total. The monoisotopic (exact) mass is 195 g/mol. The van der Waals surface area contributed by atoms with Crippen molar-refractivity contribution < 1.29 is 4.52 Å². The van der Waals surface area contributed by atoms with E-state index in [0.29, 0.717) is 5.92 Å². The van der Waals surface area contributed by atoms with Crippen molar-refractivity contribution in [1.82, 2.24) is 15.0 Å². The summed E-state index contributed by atoms with van der Waals surface area (Å²) in [6.07, 6.45) is 2.55. The molecule has 1 aliphatic heterocycles. The number of rotatable bonds is 4. The first-order valence-corrected chi connectivity index (χ1v) is 5.32. The average Bonchev–Trinajstić information content (AvgIpc) is 2.49. The highest BCUT2D eigenvalue weighted by molar-refractivity contribution is 5.01. The second-order valence-electron chi connectivity index (χ2n) is 3.99. The van der Waals surface area contributed by atoms with Crippen LogP contribution in [0.1, 0.15) is 37.4 Å². The van der Waals surface area contributed by atoms with E-state index < -0.39 is 0 Å². The van der Waals surface area contributed by atoms with Crippen molar-refractivity contribution in [3.8, 4) is 0 Å². The summed E-state index contributed by atoms with van der Waals surface area (Å²) in [5.41, 5.74) is 0. The van der Waals surface area contributed by atoms with Crippen molar-refractivity contribution in [3.63, 3.8) is 0 Å². The maximum atomic E-state index is 5.13. The van der Waals surface area contributed by atoms with Gasteiger partial charge in [-0.2, -0.15) is 4.98 Å². The Hall–Kier alpha value is -0.900. The van der Waals surface area contributed by atoms with Crippen molar-refractivity contribution >= 4 is 0 Å². The van der Waals surface area contributed by atoms with Gasteiger partial charge >= 0.3 is 0 Å². The van der Waals surface area contributed by atoms with Gasteiger partial charge in [0.15, 0.2) is 5.82 Å². The Labute approximate surface area is 84.3 Å². The highest BCUT2D eigenvalue weighted by Gasteiger charge is 2.31. The Kier molecular flexibility index (Phi) is 2.82. The lowest BCUT2D eigenvalue weighted by Crippen LogP contribution is -2.45. The summed E-state index contributed by atoms with van der Waals surface area (Å²) in [4.78, 5) is 6.68. The predicted molar refractivity (Wildman–Crippen MR) is 53.1 cm³/mol. The zero-order valence-electron chi connectivity index (χ0n) is 8.86. The molecule has 0 spiro atoms. The van der Waals surface area contributed by atoms with Crippen LogP contribution in [-0.2, 0) is 0 Å². The van der Waals surface area contributed by atoms with Crippen LogP contribution in [0, 0.1) is 6.92 Å². The summed E-state index contributed by atoms with van der Waals surface area (Å²) in [5.74, 6) is 2.04. The molecule has 1 aromatic rings. The Balaban J connectivity index is 1.77. The molecule has 78 valence electrons. The zero-order valence-corrected chi connectivity index (χ0v) is 8.86. The van der Waals surface area contributed by atoms with E-state index in [-0.39, 0.29) is 0 Å². The first kappa shape index (κ1) is 9.65. The third-order valence-electron chi connectivity index (χ3n) is 2.68. The molecule has 0 unspecified atom stereocenters. The van der Waals surface area contributed by atoms with Crippen molar-refractivity contribution in [2.75, 3.05) is 19.6 Å². The highest BCUT2D eigenvalue weighted by Crippen LogP contribution is 2.25. The normalized spacial score (nSPS) is 18.4. The van der Waals surface area contributed by atoms with Crippen LogP contribution < -0.4 is 0 Å². The van der Waals surface area contributed by atoms with E-state index in [0.717, 1.165) is 24.8 Å². The molecule has 4 heteroatoms. The van der Waals surface area contributed by atoms with Crippen LogP contribution in [0.15, 0.2) is 4.52 Å². The standard InChI is InChI=1S/C10H17N3O/c1-3-4-5-13-6-9(7-13)10-11-8(2)12-14-10/h9H,3-7H2,1-2H3. The molecular formula is C10H17N3O. The summed E-state index contributed by atoms with van der Waals surface area (Å²) in [7, 11) is 0. The van der Waals surface area contributed by atoms with Crippen molar-refractivity contribution in [2.24, 2.45) is 0 Å². The molecule has 4 nitrogen and oxygen atoms in total. The number of aryl methyl sites for hydroxylation is 1. The maximum absolute atomic E-state index is 5.13. The zero-order chi connectivity index (χ0) is 9.97. The van der Waals surface area contributed by atoms with Gasteiger partial charge in [0.25, 0.3) is 0 Å². The number of aromatic nitrogens is 2. The van der Waals surface area contributed by atoms with E-state index in [1.54, 1.807) is 0 Å². The second-order valence-corrected chi connectivity index (χ2v) is 3.99. The van der Waals surface area contributed by atoms with Gasteiger partial charge in [0.2, 0.25) is 5.89 Å². The Morgan fingerprint density at radius 3 is 2.86 bits per heavy atom. The fourth-order valence-electron chi connectivity index (χ4n) is 1.77. The van der Waals surface area contributed by atoms with Gasteiger partial charge in [0, 0.05) is 13.1 Å². The summed E-state index contributed by atoms with van der Waals surface area (Å²) < 4.78 is 5.13. The van der Waals surface area contributed by atoms with Gasteiger partial charge in [-0.1, -0.05) is 18.5 Å². The van der Waals surface area contributed by atoms with Crippen LogP contribution in [0.5, 0.6) is 0 Å². The molecule has 0 aromatic carbocycles. The van der Waals surface area contributed by atoms with Crippen molar-refractivity contribution in [2.45, 2.75) is 32.6 Å². The van der Waals surface area contributed by atoms with E-state index in [1.165, 1.54) is 19.4 Å². The lowest BCUT2D eigenvalue weighted by Gasteiger charge is -2.36. The Morgan fingerprint density at radius 1 is 1.50 bits per heavy atom. The molecule has 2 heterocycles. The van der Waals surface area contributed by atoms with E-state index in [1.807, 2.05) is 6.92 Å². The minimum absolute atomic E-state index is 0.480. The van der Waals surface area contributed by atoms with Gasteiger partial charge in [-0.15, -0.1) is 0 Å². The lowest BCUT2D eigenvalue weighted by molar-refractivity contribution is 0.123. The summed E-state index contributed by atoms with van der Waals surface area (Å²) >= 11 is 0. The van der Waals surface area contributed by atoms with Gasteiger partial charge in [0.1, 0.15) is 0 Å². The van der Waals surface area contributed by atoms with Crippen LogP contribution in [0.2, 0.25) is 0 Å². The average molecular weight is 195 g/mol. The maximum Gasteiger partial charge on any atom is 0.232 e. The predicted octanol–water partition coefficient (Wildman–Crippen LogP) is 1.58. The molecule has 0 atom stereocenters. The molecule has 0 amide bonds. The summed E-state index contributed by atoms with van der Waals surface area (Å²) in [5, 5.41) is 3.80. The van der Waals surface area contributed by atoms with Gasteiger partial charge in [-0.3, -0.25) is 0 Å². The molecule has 0 bridgehead atoms. The number of unbranched alkanes of at least 4 members (excludes halogenated alkanes) is 1. The van der Waals surface area contributed by atoms with Gasteiger partial charge < -0.3 is 9.42 Å². The fourth-order valence-corrected chi connectivity index (χ4v) is 1.77. The number of hydrogen-bond donors (Lipinski definition) is 0. The van der Waals surface area contributed by atoms with E-state index in [2.05, 4.69) is 22.0 Å². The van der Waals surface area contributed by atoms with Crippen LogP contribution in [-0.4, -0.2) is 34.7 Å². The first-order valence-electron chi connectivity index (χ1n) is 5.32. The molecule has 0 saturated carbocycles. The minimum atomic E-state index is 0.480. The minimum Gasteiger partial charge on any atom is -0.339 e. The number of hydrogen-bond acceptors (Lipinski definition) is 4. The van der Waals surface area contributed by atoms with E-state index in [4.69, 9.17) is 4.52 Å². The summed E-state index contributed by atoms with van der Waals surface area (Å²) in [6, 6.07) is 0. The molecule has 0 radical (unpaired) electrons. The largest absolute Gasteiger partial charge is 0.339 e. The van der Waals surface area contributed by atoms with Gasteiger partial charge in [-0.25, -0.2) is 0 Å². The highest BCUT2D eigenvalue weighted by atomic mass is 16.5. The topological polar surface area (TPSA) is 42.2 Å². The molecule has 14 heavy (non-hydrogen) atoms. The third kappa shape index (κ3) is 1.95. The Morgan fingerprint density at radius 2 is 2.29 bits per heavy atom. The SMILES string of the molecule is CCCCN1CC(c2nc(C)no2)C1. The third-order valence-corrected chi connectivity index (χ3v) is 2.68. The smallest absolute Gasteiger partial charge is 0.232 e.